The van der Waals surface area contributed by atoms with Crippen LogP contribution < -0.4 is 60.9 Å². The maximum atomic E-state index is 12.6. The smallest absolute Gasteiger partial charge is 0.761 e. The second kappa shape index (κ2) is 10.3. The molecule has 1 aliphatic rings. The molecule has 0 bridgehead atoms. The van der Waals surface area contributed by atoms with Gasteiger partial charge in [0.05, 0.1) is 6.54 Å². The molecular formula is C22H21KN3O6P. The van der Waals surface area contributed by atoms with E-state index in [2.05, 4.69) is 4.98 Å². The van der Waals surface area contributed by atoms with Gasteiger partial charge in [0.15, 0.2) is 0 Å². The first-order chi connectivity index (χ1) is 15.1. The Morgan fingerprint density at radius 3 is 2.79 bits per heavy atom. The number of likely N-dealkylation sites (N-methyl/N-ethyl adjacent to an activating group) is 1. The number of benzene rings is 1. The summed E-state index contributed by atoms with van der Waals surface area (Å²) in [5, 5.41) is 1.01. The predicted octanol–water partition coefficient (Wildman–Crippen LogP) is -0.448. The van der Waals surface area contributed by atoms with Gasteiger partial charge in [-0.25, -0.2) is 9.65 Å². The summed E-state index contributed by atoms with van der Waals surface area (Å²) in [5.74, 6) is -0.379. The van der Waals surface area contributed by atoms with Crippen molar-refractivity contribution in [3.63, 3.8) is 0 Å². The Hall–Kier alpha value is -1.62. The number of amides is 2. The number of anilines is 1. The molecule has 4 rings (SSSR count). The first kappa shape index (κ1) is 26.0. The minimum atomic E-state index is -5.05. The van der Waals surface area contributed by atoms with Crippen LogP contribution in [0.2, 0.25) is 0 Å². The molecule has 1 aromatic carbocycles. The molecule has 0 saturated heterocycles. The molecule has 2 amide bonds. The number of para-hydroxylation sites is 1. The van der Waals surface area contributed by atoms with E-state index in [0.717, 1.165) is 16.5 Å². The number of aryl methyl sites for hydroxylation is 2. The zero-order valence-electron chi connectivity index (χ0n) is 18.5. The largest absolute Gasteiger partial charge is 1.00 e. The standard InChI is InChI=1S/C22H22N3O6P.K/c1-14-17-5-3-4-6-18(17)31-19(14)13-24(2)20(26)9-7-15-11-16-8-10-21(27)25(32(28,29)30)22(16)23-12-15;/h3-7,9,11-12H,8,10,13H2,1-2H3,(H2,28,29,30);/q;+1/p-1/b9-7+;. The van der Waals surface area contributed by atoms with Gasteiger partial charge in [-0.15, -0.1) is 0 Å². The summed E-state index contributed by atoms with van der Waals surface area (Å²) < 4.78 is 17.7. The summed E-state index contributed by atoms with van der Waals surface area (Å²) in [6.07, 6.45) is 4.52. The Morgan fingerprint density at radius 1 is 1.36 bits per heavy atom. The molecule has 0 spiro atoms. The number of fused-ring (bicyclic) bond motifs is 2. The summed E-state index contributed by atoms with van der Waals surface area (Å²) in [4.78, 5) is 50.9. The second-order valence-electron chi connectivity index (χ2n) is 7.62. The SMILES string of the molecule is Cc1c(CN(C)C(=O)/C=C/c2cnc3c(c2)CCC(=O)N3P(=O)([O-])O)oc2ccccc12.[K+]. The van der Waals surface area contributed by atoms with E-state index in [4.69, 9.17) is 4.42 Å². The van der Waals surface area contributed by atoms with Crippen LogP contribution in [0, 0.1) is 6.92 Å². The Kier molecular flexibility index (Phi) is 8.14. The fourth-order valence-electron chi connectivity index (χ4n) is 3.68. The van der Waals surface area contributed by atoms with Gasteiger partial charge in [0.25, 0.3) is 0 Å². The molecule has 1 aliphatic heterocycles. The number of rotatable bonds is 5. The third-order valence-electron chi connectivity index (χ3n) is 5.38. The van der Waals surface area contributed by atoms with Gasteiger partial charge in [-0.3, -0.25) is 14.2 Å². The van der Waals surface area contributed by atoms with E-state index in [1.165, 1.54) is 17.2 Å². The third-order valence-corrected chi connectivity index (χ3v) is 6.30. The van der Waals surface area contributed by atoms with Crippen LogP contribution in [0.25, 0.3) is 17.0 Å². The fourth-order valence-corrected chi connectivity index (χ4v) is 4.48. The zero-order valence-corrected chi connectivity index (χ0v) is 22.5. The predicted molar refractivity (Wildman–Crippen MR) is 116 cm³/mol. The second-order valence-corrected chi connectivity index (χ2v) is 9.00. The average molecular weight is 493 g/mol. The van der Waals surface area contributed by atoms with Crippen LogP contribution in [-0.2, 0) is 27.1 Å². The Balaban J connectivity index is 0.00000306. The summed E-state index contributed by atoms with van der Waals surface area (Å²) in [6.45, 7) is 2.26. The normalized spacial score (nSPS) is 15.3. The van der Waals surface area contributed by atoms with Crippen molar-refractivity contribution in [2.75, 3.05) is 11.7 Å². The number of pyridine rings is 1. The van der Waals surface area contributed by atoms with E-state index < -0.39 is 13.7 Å². The summed E-state index contributed by atoms with van der Waals surface area (Å²) in [6, 6.07) is 9.33. The molecule has 1 atom stereocenters. The monoisotopic (exact) mass is 493 g/mol. The van der Waals surface area contributed by atoms with Crippen LogP contribution in [0.5, 0.6) is 0 Å². The molecule has 9 nitrogen and oxygen atoms in total. The molecule has 0 radical (unpaired) electrons. The van der Waals surface area contributed by atoms with Gasteiger partial charge < -0.3 is 19.1 Å². The summed E-state index contributed by atoms with van der Waals surface area (Å²) in [7, 11) is -3.39. The topological polar surface area (TPSA) is 127 Å². The molecule has 3 heterocycles. The van der Waals surface area contributed by atoms with Gasteiger partial charge >= 0.3 is 51.4 Å². The summed E-state index contributed by atoms with van der Waals surface area (Å²) in [5.41, 5.74) is 2.82. The van der Waals surface area contributed by atoms with Crippen LogP contribution in [0.15, 0.2) is 47.0 Å². The van der Waals surface area contributed by atoms with Crippen molar-refractivity contribution in [3.05, 3.63) is 65.1 Å². The minimum absolute atomic E-state index is 0. The molecular weight excluding hydrogens is 472 g/mol. The number of carbonyl (C=O) groups is 2. The molecule has 33 heavy (non-hydrogen) atoms. The molecule has 1 unspecified atom stereocenters. The van der Waals surface area contributed by atoms with E-state index in [9.17, 15) is 23.9 Å². The van der Waals surface area contributed by atoms with Crippen molar-refractivity contribution < 1.29 is 79.7 Å². The zero-order chi connectivity index (χ0) is 23.0. The maximum absolute atomic E-state index is 12.6. The Bertz CT molecular complexity index is 1300. The van der Waals surface area contributed by atoms with Gasteiger partial charge in [0.2, 0.25) is 19.6 Å². The van der Waals surface area contributed by atoms with Gasteiger partial charge in [-0.05, 0) is 42.7 Å². The molecule has 166 valence electrons. The van der Waals surface area contributed by atoms with Crippen molar-refractivity contribution in [3.8, 4) is 0 Å². The summed E-state index contributed by atoms with van der Waals surface area (Å²) >= 11 is 0. The van der Waals surface area contributed by atoms with Crippen molar-refractivity contribution in [1.82, 2.24) is 9.88 Å². The number of aromatic nitrogens is 1. The number of furan rings is 1. The van der Waals surface area contributed by atoms with Gasteiger partial charge in [0, 0.05) is 36.7 Å². The Morgan fingerprint density at radius 2 is 2.09 bits per heavy atom. The molecule has 0 saturated carbocycles. The third kappa shape index (κ3) is 5.55. The van der Waals surface area contributed by atoms with Gasteiger partial charge in [-0.2, -0.15) is 0 Å². The van der Waals surface area contributed by atoms with Crippen LogP contribution in [0.4, 0.5) is 5.82 Å². The van der Waals surface area contributed by atoms with E-state index in [1.54, 1.807) is 19.2 Å². The maximum Gasteiger partial charge on any atom is 1.00 e. The fraction of sp³-hybridized carbons (Fsp3) is 0.227. The molecule has 11 heteroatoms. The molecule has 3 aromatic rings. The van der Waals surface area contributed by atoms with Gasteiger partial charge in [0.1, 0.15) is 17.2 Å². The van der Waals surface area contributed by atoms with E-state index in [0.29, 0.717) is 34.5 Å². The first-order valence-corrected chi connectivity index (χ1v) is 11.4. The van der Waals surface area contributed by atoms with E-state index >= 15 is 0 Å². The molecule has 0 aliphatic carbocycles. The average Bonchev–Trinajstić information content (AvgIpc) is 3.06. The quantitative estimate of drug-likeness (QED) is 0.290. The first-order valence-electron chi connectivity index (χ1n) is 9.91. The van der Waals surface area contributed by atoms with Crippen LogP contribution in [0.3, 0.4) is 0 Å². The molecule has 0 fully saturated rings. The van der Waals surface area contributed by atoms with Crippen molar-refractivity contribution >= 4 is 42.4 Å². The number of hydrogen-bond acceptors (Lipinski definition) is 6. The number of hydrogen-bond donors (Lipinski definition) is 1. The Labute approximate surface area is 233 Å². The van der Waals surface area contributed by atoms with Gasteiger partial charge in [-0.1, -0.05) is 18.2 Å². The van der Waals surface area contributed by atoms with Crippen molar-refractivity contribution in [2.24, 2.45) is 0 Å². The van der Waals surface area contributed by atoms with Crippen molar-refractivity contribution in [2.45, 2.75) is 26.3 Å². The van der Waals surface area contributed by atoms with Crippen LogP contribution in [0.1, 0.15) is 28.9 Å². The van der Waals surface area contributed by atoms with E-state index in [-0.39, 0.29) is 69.5 Å². The van der Waals surface area contributed by atoms with Crippen LogP contribution in [-0.4, -0.2) is 33.6 Å². The van der Waals surface area contributed by atoms with Crippen molar-refractivity contribution in [1.29, 1.82) is 0 Å². The molecule has 1 N–H and O–H groups in total. The number of nitrogens with zero attached hydrogens (tertiary/aromatic N) is 3. The molecule has 2 aromatic heterocycles. The minimum Gasteiger partial charge on any atom is -0.761 e. The number of carbonyl (C=O) groups excluding carboxylic acids is 2. The van der Waals surface area contributed by atoms with E-state index in [1.807, 2.05) is 31.2 Å². The van der Waals surface area contributed by atoms with Crippen LogP contribution >= 0.6 is 7.75 Å².